The van der Waals surface area contributed by atoms with Crippen molar-refractivity contribution >= 4 is 40.1 Å². The molecule has 1 rings (SSSR count). The van der Waals surface area contributed by atoms with Gasteiger partial charge in [0.2, 0.25) is 0 Å². The molecule has 0 aliphatic carbocycles. The number of amides is 1. The number of benzene rings is 1. The maximum Gasteiger partial charge on any atom is 0.252 e. The van der Waals surface area contributed by atoms with Gasteiger partial charge in [0.25, 0.3) is 5.91 Å². The molecule has 0 saturated heterocycles. The van der Waals surface area contributed by atoms with Crippen LogP contribution in [0.5, 0.6) is 0 Å². The summed E-state index contributed by atoms with van der Waals surface area (Å²) >= 11 is 8.07. The number of carbonyl (C=O) groups is 1. The van der Waals surface area contributed by atoms with Crippen LogP contribution in [-0.2, 0) is 4.74 Å². The van der Waals surface area contributed by atoms with E-state index in [0.29, 0.717) is 29.7 Å². The third-order valence-electron chi connectivity index (χ3n) is 2.80. The van der Waals surface area contributed by atoms with Gasteiger partial charge in [-0.05, 0) is 53.6 Å². The average molecular weight is 396 g/mol. The monoisotopic (exact) mass is 395 g/mol. The second-order valence-electron chi connectivity index (χ2n) is 4.61. The first-order valence-electron chi connectivity index (χ1n) is 6.29. The number of rotatable bonds is 6. The van der Waals surface area contributed by atoms with Crippen LogP contribution in [0.1, 0.15) is 31.1 Å². The highest BCUT2D eigenvalue weighted by Gasteiger charge is 2.18. The fourth-order valence-electron chi connectivity index (χ4n) is 1.56. The van der Waals surface area contributed by atoms with Gasteiger partial charge >= 0.3 is 0 Å². The smallest absolute Gasteiger partial charge is 0.252 e. The van der Waals surface area contributed by atoms with Crippen molar-refractivity contribution in [3.8, 4) is 0 Å². The quantitative estimate of drug-likeness (QED) is 0.745. The summed E-state index contributed by atoms with van der Waals surface area (Å²) in [6.07, 6.45) is 0. The summed E-state index contributed by atoms with van der Waals surface area (Å²) in [7, 11) is 0. The molecule has 0 heterocycles. The predicted octanol–water partition coefficient (Wildman–Crippen LogP) is 3.74. The van der Waals surface area contributed by atoms with Crippen LogP contribution in [0.25, 0.3) is 0 Å². The van der Waals surface area contributed by atoms with Crippen LogP contribution in [0.2, 0.25) is 5.02 Å². The van der Waals surface area contributed by atoms with Gasteiger partial charge in [0, 0.05) is 15.2 Å². The number of halogens is 2. The molecule has 0 fully saturated rings. The summed E-state index contributed by atoms with van der Waals surface area (Å²) in [6, 6.07) is 5.31. The Morgan fingerprint density at radius 1 is 1.47 bits per heavy atom. The number of hydrogen-bond donors (Lipinski definition) is 1. The van der Waals surface area contributed by atoms with Crippen LogP contribution in [0.3, 0.4) is 0 Å². The summed E-state index contributed by atoms with van der Waals surface area (Å²) < 4.78 is 6.29. The Bertz CT molecular complexity index is 437. The molecule has 0 radical (unpaired) electrons. The Kier molecular flexibility index (Phi) is 7.10. The lowest BCUT2D eigenvalue weighted by Crippen LogP contribution is -2.42. The molecule has 0 aromatic heterocycles. The van der Waals surface area contributed by atoms with E-state index in [0.717, 1.165) is 3.57 Å². The van der Waals surface area contributed by atoms with Crippen molar-refractivity contribution in [2.45, 2.75) is 26.8 Å². The average Bonchev–Trinajstić information content (AvgIpc) is 2.36. The number of carbonyl (C=O) groups excluding carboxylic acids is 1. The van der Waals surface area contributed by atoms with Crippen molar-refractivity contribution in [3.05, 3.63) is 32.4 Å². The fourth-order valence-corrected chi connectivity index (χ4v) is 2.32. The molecule has 0 saturated carbocycles. The molecule has 1 amide bonds. The van der Waals surface area contributed by atoms with E-state index in [2.05, 4.69) is 41.8 Å². The largest absolute Gasteiger partial charge is 0.380 e. The summed E-state index contributed by atoms with van der Waals surface area (Å²) in [5, 5.41) is 3.57. The van der Waals surface area contributed by atoms with Gasteiger partial charge < -0.3 is 10.1 Å². The molecule has 1 atom stereocenters. The molecule has 1 aromatic carbocycles. The summed E-state index contributed by atoms with van der Waals surface area (Å²) in [5.41, 5.74) is 0.607. The van der Waals surface area contributed by atoms with Gasteiger partial charge in [-0.1, -0.05) is 25.4 Å². The highest BCUT2D eigenvalue weighted by atomic mass is 127. The Morgan fingerprint density at radius 3 is 2.74 bits per heavy atom. The molecule has 0 spiro atoms. The maximum absolute atomic E-state index is 12.3. The maximum atomic E-state index is 12.3. The molecule has 0 aliphatic heterocycles. The summed E-state index contributed by atoms with van der Waals surface area (Å²) in [5.74, 6) is 0.206. The van der Waals surface area contributed by atoms with E-state index in [9.17, 15) is 4.79 Å². The van der Waals surface area contributed by atoms with Crippen molar-refractivity contribution in [1.82, 2.24) is 5.32 Å². The highest BCUT2D eigenvalue weighted by Crippen LogP contribution is 2.18. The lowest BCUT2D eigenvalue weighted by Gasteiger charge is -2.22. The van der Waals surface area contributed by atoms with Crippen LogP contribution < -0.4 is 5.32 Å². The molecule has 0 bridgehead atoms. The summed E-state index contributed by atoms with van der Waals surface area (Å²) in [4.78, 5) is 12.3. The van der Waals surface area contributed by atoms with Crippen molar-refractivity contribution < 1.29 is 9.53 Å². The Hall–Kier alpha value is -0.330. The van der Waals surface area contributed by atoms with Gasteiger partial charge in [0.15, 0.2) is 0 Å². The van der Waals surface area contributed by atoms with Crippen molar-refractivity contribution in [3.63, 3.8) is 0 Å². The second-order valence-corrected chi connectivity index (χ2v) is 6.21. The van der Waals surface area contributed by atoms with Crippen LogP contribution >= 0.6 is 34.2 Å². The first-order valence-corrected chi connectivity index (χ1v) is 7.75. The number of nitrogens with one attached hydrogen (secondary N) is 1. The molecule has 19 heavy (non-hydrogen) atoms. The normalized spacial score (nSPS) is 12.5. The molecule has 0 aliphatic rings. The van der Waals surface area contributed by atoms with Gasteiger partial charge in [-0.25, -0.2) is 0 Å². The first kappa shape index (κ1) is 16.7. The van der Waals surface area contributed by atoms with E-state index in [-0.39, 0.29) is 11.9 Å². The first-order chi connectivity index (χ1) is 8.95. The Balaban J connectivity index is 2.78. The lowest BCUT2D eigenvalue weighted by atomic mass is 10.0. The number of ether oxygens (including phenoxy) is 1. The van der Waals surface area contributed by atoms with Gasteiger partial charge in [-0.15, -0.1) is 0 Å². The second kappa shape index (κ2) is 8.07. The third kappa shape index (κ3) is 5.28. The van der Waals surface area contributed by atoms with E-state index in [1.165, 1.54) is 0 Å². The molecule has 106 valence electrons. The Morgan fingerprint density at radius 2 is 2.16 bits per heavy atom. The Labute approximate surface area is 133 Å². The van der Waals surface area contributed by atoms with Gasteiger partial charge in [0.05, 0.1) is 18.2 Å². The minimum atomic E-state index is -0.106. The predicted molar refractivity (Wildman–Crippen MR) is 86.8 cm³/mol. The molecule has 3 nitrogen and oxygen atoms in total. The minimum Gasteiger partial charge on any atom is -0.380 e. The van der Waals surface area contributed by atoms with Crippen molar-refractivity contribution in [2.24, 2.45) is 5.92 Å². The van der Waals surface area contributed by atoms with E-state index in [4.69, 9.17) is 16.3 Å². The highest BCUT2D eigenvalue weighted by molar-refractivity contribution is 14.1. The minimum absolute atomic E-state index is 0.00207. The van der Waals surface area contributed by atoms with E-state index in [1.807, 2.05) is 13.0 Å². The topological polar surface area (TPSA) is 38.3 Å². The fraction of sp³-hybridized carbons (Fsp3) is 0.500. The standard InChI is InChI=1S/C14H19ClINO2/c1-4-19-8-13(9(2)3)17-14(18)11-7-10(15)5-6-12(11)16/h5-7,9,13H,4,8H2,1-3H3,(H,17,18). The van der Waals surface area contributed by atoms with Crippen molar-refractivity contribution in [2.75, 3.05) is 13.2 Å². The summed E-state index contributed by atoms with van der Waals surface area (Å²) in [6.45, 7) is 7.24. The molecule has 1 N–H and O–H groups in total. The van der Waals surface area contributed by atoms with Gasteiger partial charge in [0.1, 0.15) is 0 Å². The van der Waals surface area contributed by atoms with Crippen LogP contribution in [0, 0.1) is 9.49 Å². The van der Waals surface area contributed by atoms with E-state index < -0.39 is 0 Å². The lowest BCUT2D eigenvalue weighted by molar-refractivity contribution is 0.0805. The van der Waals surface area contributed by atoms with E-state index >= 15 is 0 Å². The molecule has 1 unspecified atom stereocenters. The zero-order chi connectivity index (χ0) is 14.4. The molecular formula is C14H19ClINO2. The molecule has 5 heteroatoms. The van der Waals surface area contributed by atoms with Crippen LogP contribution in [0.15, 0.2) is 18.2 Å². The third-order valence-corrected chi connectivity index (χ3v) is 3.97. The SMILES string of the molecule is CCOCC(NC(=O)c1cc(Cl)ccc1I)C(C)C. The zero-order valence-electron chi connectivity index (χ0n) is 11.4. The molecule has 1 aromatic rings. The van der Waals surface area contributed by atoms with Gasteiger partial charge in [-0.3, -0.25) is 4.79 Å². The zero-order valence-corrected chi connectivity index (χ0v) is 14.3. The van der Waals surface area contributed by atoms with Crippen LogP contribution in [0.4, 0.5) is 0 Å². The molecular weight excluding hydrogens is 377 g/mol. The van der Waals surface area contributed by atoms with Crippen molar-refractivity contribution in [1.29, 1.82) is 0 Å². The number of hydrogen-bond acceptors (Lipinski definition) is 2. The van der Waals surface area contributed by atoms with Crippen LogP contribution in [-0.4, -0.2) is 25.2 Å². The van der Waals surface area contributed by atoms with Gasteiger partial charge in [-0.2, -0.15) is 0 Å². The van der Waals surface area contributed by atoms with E-state index in [1.54, 1.807) is 12.1 Å².